The zero-order valence-corrected chi connectivity index (χ0v) is 12.2. The SMILES string of the molecule is CC1CCN(c2cc(NCC3CCCO3)ncn2)CC1. The van der Waals surface area contributed by atoms with E-state index in [0.29, 0.717) is 6.10 Å². The summed E-state index contributed by atoms with van der Waals surface area (Å²) in [5.74, 6) is 2.79. The fraction of sp³-hybridized carbons (Fsp3) is 0.733. The van der Waals surface area contributed by atoms with Crippen molar-refractivity contribution in [1.82, 2.24) is 9.97 Å². The number of nitrogens with one attached hydrogen (secondary N) is 1. The van der Waals surface area contributed by atoms with Gasteiger partial charge in [0.1, 0.15) is 18.0 Å². The number of hydrogen-bond donors (Lipinski definition) is 1. The van der Waals surface area contributed by atoms with Gasteiger partial charge in [-0.2, -0.15) is 0 Å². The summed E-state index contributed by atoms with van der Waals surface area (Å²) in [4.78, 5) is 11.1. The Kier molecular flexibility index (Phi) is 4.35. The molecule has 2 saturated heterocycles. The van der Waals surface area contributed by atoms with E-state index in [0.717, 1.165) is 50.2 Å². The van der Waals surface area contributed by atoms with Crippen molar-refractivity contribution < 1.29 is 4.74 Å². The van der Waals surface area contributed by atoms with Crippen LogP contribution in [0.4, 0.5) is 11.6 Å². The van der Waals surface area contributed by atoms with Gasteiger partial charge in [0.15, 0.2) is 0 Å². The molecule has 0 saturated carbocycles. The number of nitrogens with zero attached hydrogens (tertiary/aromatic N) is 3. The lowest BCUT2D eigenvalue weighted by Crippen LogP contribution is -2.33. The molecule has 1 atom stereocenters. The third-order valence-electron chi connectivity index (χ3n) is 4.30. The Morgan fingerprint density at radius 3 is 2.90 bits per heavy atom. The highest BCUT2D eigenvalue weighted by Crippen LogP contribution is 2.22. The number of rotatable bonds is 4. The van der Waals surface area contributed by atoms with Crippen LogP contribution in [0.25, 0.3) is 0 Å². The van der Waals surface area contributed by atoms with Crippen LogP contribution in [0.2, 0.25) is 0 Å². The molecule has 0 aromatic carbocycles. The predicted molar refractivity (Wildman–Crippen MR) is 80.1 cm³/mol. The molecule has 5 heteroatoms. The summed E-state index contributed by atoms with van der Waals surface area (Å²) in [6, 6.07) is 2.06. The minimum absolute atomic E-state index is 0.337. The molecule has 2 aliphatic heterocycles. The minimum Gasteiger partial charge on any atom is -0.376 e. The van der Waals surface area contributed by atoms with Crippen molar-refractivity contribution in [1.29, 1.82) is 0 Å². The van der Waals surface area contributed by atoms with Gasteiger partial charge in [-0.25, -0.2) is 9.97 Å². The first kappa shape index (κ1) is 13.6. The Hall–Kier alpha value is -1.36. The first-order chi connectivity index (χ1) is 9.81. The molecule has 2 fully saturated rings. The third kappa shape index (κ3) is 3.39. The maximum absolute atomic E-state index is 5.62. The summed E-state index contributed by atoms with van der Waals surface area (Å²) in [5.41, 5.74) is 0. The Labute approximate surface area is 120 Å². The van der Waals surface area contributed by atoms with Gasteiger partial charge in [-0.3, -0.25) is 0 Å². The van der Waals surface area contributed by atoms with Crippen molar-refractivity contribution >= 4 is 11.6 Å². The number of piperidine rings is 1. The highest BCUT2D eigenvalue weighted by atomic mass is 16.5. The molecule has 0 spiro atoms. The first-order valence-corrected chi connectivity index (χ1v) is 7.74. The quantitative estimate of drug-likeness (QED) is 0.914. The molecule has 20 heavy (non-hydrogen) atoms. The van der Waals surface area contributed by atoms with Crippen LogP contribution >= 0.6 is 0 Å². The van der Waals surface area contributed by atoms with Crippen molar-refractivity contribution in [2.24, 2.45) is 5.92 Å². The van der Waals surface area contributed by atoms with Gasteiger partial charge in [-0.15, -0.1) is 0 Å². The summed E-state index contributed by atoms with van der Waals surface area (Å²) in [6.07, 6.45) is 6.82. The highest BCUT2D eigenvalue weighted by molar-refractivity contribution is 5.48. The molecular weight excluding hydrogens is 252 g/mol. The van der Waals surface area contributed by atoms with E-state index in [1.54, 1.807) is 6.33 Å². The maximum atomic E-state index is 5.62. The lowest BCUT2D eigenvalue weighted by Gasteiger charge is -2.31. The fourth-order valence-corrected chi connectivity index (χ4v) is 2.88. The lowest BCUT2D eigenvalue weighted by molar-refractivity contribution is 0.120. The van der Waals surface area contributed by atoms with Gasteiger partial charge in [0, 0.05) is 32.3 Å². The van der Waals surface area contributed by atoms with E-state index < -0.39 is 0 Å². The number of hydrogen-bond acceptors (Lipinski definition) is 5. The number of ether oxygens (including phenoxy) is 1. The summed E-state index contributed by atoms with van der Waals surface area (Å²) in [6.45, 7) is 6.26. The summed E-state index contributed by atoms with van der Waals surface area (Å²) >= 11 is 0. The molecule has 3 rings (SSSR count). The molecule has 110 valence electrons. The number of anilines is 2. The van der Waals surface area contributed by atoms with Crippen molar-refractivity contribution in [3.8, 4) is 0 Å². The minimum atomic E-state index is 0.337. The van der Waals surface area contributed by atoms with Crippen molar-refractivity contribution in [3.05, 3.63) is 12.4 Å². The molecule has 5 nitrogen and oxygen atoms in total. The van der Waals surface area contributed by atoms with E-state index >= 15 is 0 Å². The second-order valence-electron chi connectivity index (χ2n) is 5.95. The van der Waals surface area contributed by atoms with Crippen LogP contribution in [0.15, 0.2) is 12.4 Å². The molecule has 0 aliphatic carbocycles. The maximum Gasteiger partial charge on any atom is 0.134 e. The molecule has 1 aromatic heterocycles. The highest BCUT2D eigenvalue weighted by Gasteiger charge is 2.18. The van der Waals surface area contributed by atoms with Crippen molar-refractivity contribution in [2.45, 2.75) is 38.7 Å². The average Bonchev–Trinajstić information content (AvgIpc) is 3.00. The number of aromatic nitrogens is 2. The van der Waals surface area contributed by atoms with Crippen LogP contribution in [-0.4, -0.2) is 42.3 Å². The molecule has 0 radical (unpaired) electrons. The molecule has 3 heterocycles. The topological polar surface area (TPSA) is 50.3 Å². The summed E-state index contributed by atoms with van der Waals surface area (Å²) in [7, 11) is 0. The molecule has 0 amide bonds. The zero-order chi connectivity index (χ0) is 13.8. The van der Waals surface area contributed by atoms with Gasteiger partial charge in [0.25, 0.3) is 0 Å². The van der Waals surface area contributed by atoms with Gasteiger partial charge in [-0.1, -0.05) is 6.92 Å². The fourth-order valence-electron chi connectivity index (χ4n) is 2.88. The van der Waals surface area contributed by atoms with E-state index in [9.17, 15) is 0 Å². The van der Waals surface area contributed by atoms with Gasteiger partial charge in [-0.05, 0) is 31.6 Å². The van der Waals surface area contributed by atoms with Gasteiger partial charge in [0.05, 0.1) is 6.10 Å². The predicted octanol–water partition coefficient (Wildman–Crippen LogP) is 2.30. The van der Waals surface area contributed by atoms with Crippen LogP contribution in [0.5, 0.6) is 0 Å². The largest absolute Gasteiger partial charge is 0.376 e. The van der Waals surface area contributed by atoms with E-state index in [1.807, 2.05) is 0 Å². The van der Waals surface area contributed by atoms with E-state index in [2.05, 4.69) is 33.2 Å². The Morgan fingerprint density at radius 1 is 1.30 bits per heavy atom. The molecular formula is C15H24N4O. The Bertz CT molecular complexity index is 426. The monoisotopic (exact) mass is 276 g/mol. The van der Waals surface area contributed by atoms with Gasteiger partial charge >= 0.3 is 0 Å². The molecule has 1 unspecified atom stereocenters. The third-order valence-corrected chi connectivity index (χ3v) is 4.30. The zero-order valence-electron chi connectivity index (χ0n) is 12.2. The standard InChI is InChI=1S/C15H24N4O/c1-12-4-6-19(7-5-12)15-9-14(17-11-18-15)16-10-13-3-2-8-20-13/h9,11-13H,2-8,10H2,1H3,(H,16,17,18). The summed E-state index contributed by atoms with van der Waals surface area (Å²) in [5, 5.41) is 3.37. The smallest absolute Gasteiger partial charge is 0.134 e. The van der Waals surface area contributed by atoms with Crippen LogP contribution in [0.1, 0.15) is 32.6 Å². The molecule has 1 aromatic rings. The van der Waals surface area contributed by atoms with Gasteiger partial charge in [0.2, 0.25) is 0 Å². The Morgan fingerprint density at radius 2 is 2.15 bits per heavy atom. The van der Waals surface area contributed by atoms with Crippen LogP contribution in [-0.2, 0) is 4.74 Å². The average molecular weight is 276 g/mol. The van der Waals surface area contributed by atoms with E-state index in [1.165, 1.54) is 19.3 Å². The molecule has 2 aliphatic rings. The molecule has 0 bridgehead atoms. The normalized spacial score (nSPS) is 24.1. The second kappa shape index (κ2) is 6.39. The van der Waals surface area contributed by atoms with Crippen molar-refractivity contribution in [2.75, 3.05) is 36.5 Å². The molecule has 1 N–H and O–H groups in total. The van der Waals surface area contributed by atoms with Gasteiger partial charge < -0.3 is 15.0 Å². The van der Waals surface area contributed by atoms with Crippen LogP contribution < -0.4 is 10.2 Å². The van der Waals surface area contributed by atoms with E-state index in [-0.39, 0.29) is 0 Å². The van der Waals surface area contributed by atoms with Crippen LogP contribution in [0, 0.1) is 5.92 Å². The van der Waals surface area contributed by atoms with Crippen molar-refractivity contribution in [3.63, 3.8) is 0 Å². The Balaban J connectivity index is 1.57. The summed E-state index contributed by atoms with van der Waals surface area (Å²) < 4.78 is 5.62. The second-order valence-corrected chi connectivity index (χ2v) is 5.95. The van der Waals surface area contributed by atoms with Crippen LogP contribution in [0.3, 0.4) is 0 Å². The first-order valence-electron chi connectivity index (χ1n) is 7.74. The lowest BCUT2D eigenvalue weighted by atomic mass is 9.99. The van der Waals surface area contributed by atoms with E-state index in [4.69, 9.17) is 4.74 Å².